The van der Waals surface area contributed by atoms with Crippen molar-refractivity contribution >= 4 is 22.2 Å². The fourth-order valence-corrected chi connectivity index (χ4v) is 5.21. The Morgan fingerprint density at radius 2 is 1.74 bits per heavy atom. The van der Waals surface area contributed by atoms with Gasteiger partial charge in [0.15, 0.2) is 0 Å². The molecule has 1 spiro atoms. The number of fused-ring (bicyclic) bond motifs is 3. The minimum atomic E-state index is -0.143. The standard InChI is InChI=1S/C15H20N2OS/c18-13-12-10-6-2-3-7-11(10)19-14(12)17-15(16-13)8-4-1-5-9-15/h17H,1-9H2,(H,16,18). The molecule has 3 aliphatic rings. The Morgan fingerprint density at radius 3 is 2.58 bits per heavy atom. The molecule has 2 N–H and O–H groups in total. The predicted octanol–water partition coefficient (Wildman–Crippen LogP) is 3.44. The Morgan fingerprint density at radius 1 is 0.947 bits per heavy atom. The van der Waals surface area contributed by atoms with Crippen molar-refractivity contribution in [2.75, 3.05) is 5.32 Å². The molecule has 1 amide bonds. The summed E-state index contributed by atoms with van der Waals surface area (Å²) in [5.41, 5.74) is 2.16. The van der Waals surface area contributed by atoms with Crippen molar-refractivity contribution in [1.82, 2.24) is 5.32 Å². The van der Waals surface area contributed by atoms with Gasteiger partial charge in [0.05, 0.1) is 5.56 Å². The number of anilines is 1. The predicted molar refractivity (Wildman–Crippen MR) is 77.9 cm³/mol. The van der Waals surface area contributed by atoms with Gasteiger partial charge in [-0.25, -0.2) is 0 Å². The molecule has 4 rings (SSSR count). The molecule has 2 heterocycles. The Bertz CT molecular complexity index is 528. The number of aryl methyl sites for hydroxylation is 1. The Labute approximate surface area is 117 Å². The van der Waals surface area contributed by atoms with Gasteiger partial charge in [-0.2, -0.15) is 0 Å². The third-order valence-corrected chi connectivity index (χ3v) is 6.02. The van der Waals surface area contributed by atoms with Gasteiger partial charge in [-0.1, -0.05) is 6.42 Å². The molecule has 0 radical (unpaired) electrons. The molecule has 1 aliphatic heterocycles. The molecular formula is C15H20N2OS. The second-order valence-electron chi connectivity index (χ2n) is 6.14. The summed E-state index contributed by atoms with van der Waals surface area (Å²) in [6.07, 6.45) is 10.6. The molecule has 19 heavy (non-hydrogen) atoms. The van der Waals surface area contributed by atoms with Crippen LogP contribution in [0.5, 0.6) is 0 Å². The van der Waals surface area contributed by atoms with E-state index in [9.17, 15) is 4.79 Å². The van der Waals surface area contributed by atoms with Gasteiger partial charge in [-0.3, -0.25) is 4.79 Å². The van der Waals surface area contributed by atoms with E-state index in [-0.39, 0.29) is 11.6 Å². The zero-order chi connectivity index (χ0) is 12.9. The van der Waals surface area contributed by atoms with Crippen molar-refractivity contribution in [3.05, 3.63) is 16.0 Å². The van der Waals surface area contributed by atoms with Crippen LogP contribution < -0.4 is 10.6 Å². The monoisotopic (exact) mass is 276 g/mol. The molecule has 0 unspecified atom stereocenters. The number of rotatable bonds is 0. The van der Waals surface area contributed by atoms with Crippen molar-refractivity contribution in [2.45, 2.75) is 63.5 Å². The van der Waals surface area contributed by atoms with E-state index in [4.69, 9.17) is 0 Å². The number of carbonyl (C=O) groups is 1. The van der Waals surface area contributed by atoms with E-state index in [1.54, 1.807) is 0 Å². The van der Waals surface area contributed by atoms with E-state index >= 15 is 0 Å². The molecule has 0 saturated heterocycles. The van der Waals surface area contributed by atoms with Crippen LogP contribution in [0, 0.1) is 0 Å². The number of carbonyl (C=O) groups excluding carboxylic acids is 1. The highest BCUT2D eigenvalue weighted by Gasteiger charge is 2.41. The maximum absolute atomic E-state index is 12.5. The van der Waals surface area contributed by atoms with Crippen molar-refractivity contribution in [3.8, 4) is 0 Å². The minimum absolute atomic E-state index is 0.143. The Balaban J connectivity index is 1.74. The summed E-state index contributed by atoms with van der Waals surface area (Å²) >= 11 is 1.84. The van der Waals surface area contributed by atoms with Crippen LogP contribution in [0.15, 0.2) is 0 Å². The molecule has 1 saturated carbocycles. The summed E-state index contributed by atoms with van der Waals surface area (Å²) in [5.74, 6) is 0.176. The van der Waals surface area contributed by atoms with Crippen LogP contribution in [0.25, 0.3) is 0 Å². The van der Waals surface area contributed by atoms with Gasteiger partial charge in [-0.05, 0) is 56.9 Å². The quantitative estimate of drug-likeness (QED) is 0.762. The van der Waals surface area contributed by atoms with E-state index in [0.717, 1.165) is 36.2 Å². The van der Waals surface area contributed by atoms with Gasteiger partial charge in [0.25, 0.3) is 5.91 Å². The van der Waals surface area contributed by atoms with Gasteiger partial charge >= 0.3 is 0 Å². The number of hydrogen-bond donors (Lipinski definition) is 2. The van der Waals surface area contributed by atoms with E-state index < -0.39 is 0 Å². The van der Waals surface area contributed by atoms with Gasteiger partial charge < -0.3 is 10.6 Å². The van der Waals surface area contributed by atoms with Crippen molar-refractivity contribution in [2.24, 2.45) is 0 Å². The SMILES string of the molecule is O=C1NC2(CCCCC2)Nc2sc3c(c21)CCCC3. The van der Waals surface area contributed by atoms with Crippen LogP contribution in [0.2, 0.25) is 0 Å². The third-order valence-electron chi connectivity index (χ3n) is 4.81. The number of hydrogen-bond acceptors (Lipinski definition) is 3. The lowest BCUT2D eigenvalue weighted by Crippen LogP contribution is -2.58. The van der Waals surface area contributed by atoms with Crippen LogP contribution in [-0.2, 0) is 12.8 Å². The summed E-state index contributed by atoms with van der Waals surface area (Å²) in [4.78, 5) is 14.0. The molecule has 1 fully saturated rings. The number of nitrogens with one attached hydrogen (secondary N) is 2. The first-order valence-electron chi connectivity index (χ1n) is 7.53. The summed E-state index contributed by atoms with van der Waals surface area (Å²) in [6.45, 7) is 0. The van der Waals surface area contributed by atoms with E-state index in [1.807, 2.05) is 11.3 Å². The molecule has 0 aromatic carbocycles. The first kappa shape index (κ1) is 11.8. The van der Waals surface area contributed by atoms with E-state index in [1.165, 1.54) is 42.5 Å². The molecule has 0 atom stereocenters. The smallest absolute Gasteiger partial charge is 0.256 e. The second-order valence-corrected chi connectivity index (χ2v) is 7.24. The lowest BCUT2D eigenvalue weighted by atomic mass is 9.86. The molecule has 102 valence electrons. The molecule has 4 heteroatoms. The third kappa shape index (κ3) is 1.80. The van der Waals surface area contributed by atoms with Crippen LogP contribution in [0.4, 0.5) is 5.00 Å². The van der Waals surface area contributed by atoms with E-state index in [2.05, 4.69) is 10.6 Å². The fraction of sp³-hybridized carbons (Fsp3) is 0.667. The zero-order valence-corrected chi connectivity index (χ0v) is 12.0. The van der Waals surface area contributed by atoms with Gasteiger partial charge in [0.2, 0.25) is 0 Å². The van der Waals surface area contributed by atoms with Gasteiger partial charge in [0, 0.05) is 4.88 Å². The number of thiophene rings is 1. The maximum Gasteiger partial charge on any atom is 0.256 e. The van der Waals surface area contributed by atoms with Crippen molar-refractivity contribution in [3.63, 3.8) is 0 Å². The van der Waals surface area contributed by atoms with Crippen LogP contribution in [0.3, 0.4) is 0 Å². The second kappa shape index (κ2) is 4.23. The molecule has 1 aromatic heterocycles. The zero-order valence-electron chi connectivity index (χ0n) is 11.2. The molecule has 1 aromatic rings. The lowest BCUT2D eigenvalue weighted by Gasteiger charge is -2.42. The maximum atomic E-state index is 12.5. The highest BCUT2D eigenvalue weighted by atomic mass is 32.1. The minimum Gasteiger partial charge on any atom is -0.354 e. The van der Waals surface area contributed by atoms with Crippen molar-refractivity contribution in [1.29, 1.82) is 0 Å². The highest BCUT2D eigenvalue weighted by molar-refractivity contribution is 7.16. The van der Waals surface area contributed by atoms with E-state index in [0.29, 0.717) is 0 Å². The average molecular weight is 276 g/mol. The summed E-state index contributed by atoms with van der Waals surface area (Å²) in [5, 5.41) is 8.12. The summed E-state index contributed by atoms with van der Waals surface area (Å²) in [7, 11) is 0. The van der Waals surface area contributed by atoms with Crippen LogP contribution >= 0.6 is 11.3 Å². The van der Waals surface area contributed by atoms with Gasteiger partial charge in [-0.15, -0.1) is 11.3 Å². The lowest BCUT2D eigenvalue weighted by molar-refractivity contribution is 0.0876. The molecule has 3 nitrogen and oxygen atoms in total. The first-order valence-corrected chi connectivity index (χ1v) is 8.34. The molecule has 0 bridgehead atoms. The highest BCUT2D eigenvalue weighted by Crippen LogP contribution is 2.43. The number of amides is 1. The fourth-order valence-electron chi connectivity index (χ4n) is 3.83. The molecule has 2 aliphatic carbocycles. The van der Waals surface area contributed by atoms with Crippen LogP contribution in [0.1, 0.15) is 65.7 Å². The van der Waals surface area contributed by atoms with Gasteiger partial charge in [0.1, 0.15) is 10.7 Å². The normalized spacial score (nSPS) is 24.3. The first-order chi connectivity index (χ1) is 9.27. The van der Waals surface area contributed by atoms with Crippen LogP contribution in [-0.4, -0.2) is 11.6 Å². The topological polar surface area (TPSA) is 41.1 Å². The summed E-state index contributed by atoms with van der Waals surface area (Å²) in [6, 6.07) is 0. The Hall–Kier alpha value is -1.03. The van der Waals surface area contributed by atoms with Crippen molar-refractivity contribution < 1.29 is 4.79 Å². The summed E-state index contributed by atoms with van der Waals surface area (Å²) < 4.78 is 0. The average Bonchev–Trinajstić information content (AvgIpc) is 2.77. The largest absolute Gasteiger partial charge is 0.354 e. The Kier molecular flexibility index (Phi) is 2.62. The molecular weight excluding hydrogens is 256 g/mol.